The molecule has 0 bridgehead atoms. The van der Waals surface area contributed by atoms with Crippen LogP contribution in [0.25, 0.3) is 0 Å². The smallest absolute Gasteiger partial charge is 0.142 e. The summed E-state index contributed by atoms with van der Waals surface area (Å²) in [5, 5.41) is 13.0. The van der Waals surface area contributed by atoms with Crippen molar-refractivity contribution in [1.82, 2.24) is 0 Å². The largest absolute Gasteiger partial charge is 0.508 e. The number of phenolic OH excluding ortho intramolecular Hbond substituents is 1. The van der Waals surface area contributed by atoms with Gasteiger partial charge in [0, 0.05) is 17.8 Å². The number of anilines is 1. The quantitative estimate of drug-likeness (QED) is 0.856. The molecule has 0 saturated carbocycles. The fourth-order valence-electron chi connectivity index (χ4n) is 1.81. The van der Waals surface area contributed by atoms with Gasteiger partial charge in [-0.3, -0.25) is 0 Å². The van der Waals surface area contributed by atoms with Crippen molar-refractivity contribution in [3.63, 3.8) is 0 Å². The standard InChI is InChI=1S/C15H15ClFNO/c1-9-3-5-12(8-15(9)19)18-10(2)11-4-6-13(16)14(17)7-11/h3-8,10,18-19H,1-2H3. The van der Waals surface area contributed by atoms with Gasteiger partial charge in [0.25, 0.3) is 0 Å². The van der Waals surface area contributed by atoms with E-state index in [1.165, 1.54) is 12.1 Å². The number of rotatable bonds is 3. The molecule has 0 heterocycles. The normalized spacial score (nSPS) is 12.2. The fourth-order valence-corrected chi connectivity index (χ4v) is 1.93. The van der Waals surface area contributed by atoms with Crippen molar-refractivity contribution < 1.29 is 9.50 Å². The van der Waals surface area contributed by atoms with Crippen LogP contribution in [0.15, 0.2) is 36.4 Å². The molecule has 2 nitrogen and oxygen atoms in total. The molecule has 2 rings (SSSR count). The van der Waals surface area contributed by atoms with E-state index < -0.39 is 5.82 Å². The number of benzene rings is 2. The maximum absolute atomic E-state index is 13.4. The molecule has 0 fully saturated rings. The van der Waals surface area contributed by atoms with Crippen molar-refractivity contribution in [1.29, 1.82) is 0 Å². The Balaban J connectivity index is 2.17. The first-order chi connectivity index (χ1) is 8.97. The highest BCUT2D eigenvalue weighted by atomic mass is 35.5. The van der Waals surface area contributed by atoms with Crippen molar-refractivity contribution in [2.45, 2.75) is 19.9 Å². The molecule has 1 unspecified atom stereocenters. The van der Waals surface area contributed by atoms with Gasteiger partial charge in [-0.15, -0.1) is 0 Å². The molecule has 0 aliphatic heterocycles. The summed E-state index contributed by atoms with van der Waals surface area (Å²) in [7, 11) is 0. The fraction of sp³-hybridized carbons (Fsp3) is 0.200. The molecule has 0 radical (unpaired) electrons. The van der Waals surface area contributed by atoms with Crippen LogP contribution >= 0.6 is 11.6 Å². The van der Waals surface area contributed by atoms with Gasteiger partial charge < -0.3 is 10.4 Å². The first-order valence-corrected chi connectivity index (χ1v) is 6.36. The zero-order chi connectivity index (χ0) is 14.0. The predicted molar refractivity (Wildman–Crippen MR) is 76.3 cm³/mol. The molecule has 0 amide bonds. The molecular formula is C15H15ClFNO. The second-order valence-electron chi connectivity index (χ2n) is 4.54. The van der Waals surface area contributed by atoms with E-state index in [9.17, 15) is 9.50 Å². The summed E-state index contributed by atoms with van der Waals surface area (Å²) >= 11 is 5.66. The Bertz CT molecular complexity index is 601. The molecule has 4 heteroatoms. The topological polar surface area (TPSA) is 32.3 Å². The predicted octanol–water partition coefficient (Wildman–Crippen LogP) is 4.67. The van der Waals surface area contributed by atoms with Gasteiger partial charge >= 0.3 is 0 Å². The molecule has 1 atom stereocenters. The van der Waals surface area contributed by atoms with E-state index >= 15 is 0 Å². The van der Waals surface area contributed by atoms with Gasteiger partial charge in [-0.1, -0.05) is 23.7 Å². The monoisotopic (exact) mass is 279 g/mol. The average molecular weight is 280 g/mol. The van der Waals surface area contributed by atoms with Gasteiger partial charge in [-0.25, -0.2) is 4.39 Å². The summed E-state index contributed by atoms with van der Waals surface area (Å²) in [5.74, 6) is -0.195. The summed E-state index contributed by atoms with van der Waals surface area (Å²) < 4.78 is 13.4. The number of hydrogen-bond donors (Lipinski definition) is 2. The minimum atomic E-state index is -0.431. The lowest BCUT2D eigenvalue weighted by Crippen LogP contribution is -2.06. The van der Waals surface area contributed by atoms with E-state index in [1.54, 1.807) is 12.1 Å². The number of hydrogen-bond acceptors (Lipinski definition) is 2. The minimum absolute atomic E-state index is 0.0890. The van der Waals surface area contributed by atoms with Crippen molar-refractivity contribution in [2.24, 2.45) is 0 Å². The Kier molecular flexibility index (Phi) is 3.96. The van der Waals surface area contributed by atoms with Crippen molar-refractivity contribution in [2.75, 3.05) is 5.32 Å². The van der Waals surface area contributed by atoms with Crippen molar-refractivity contribution >= 4 is 17.3 Å². The number of halogens is 2. The highest BCUT2D eigenvalue weighted by molar-refractivity contribution is 6.30. The number of aromatic hydroxyl groups is 1. The van der Waals surface area contributed by atoms with E-state index in [0.717, 1.165) is 16.8 Å². The van der Waals surface area contributed by atoms with Crippen LogP contribution < -0.4 is 5.32 Å². The lowest BCUT2D eigenvalue weighted by atomic mass is 10.1. The number of nitrogens with one attached hydrogen (secondary N) is 1. The Morgan fingerprint density at radius 3 is 2.58 bits per heavy atom. The molecule has 100 valence electrons. The van der Waals surface area contributed by atoms with Gasteiger partial charge in [0.05, 0.1) is 5.02 Å². The van der Waals surface area contributed by atoms with E-state index in [0.29, 0.717) is 0 Å². The van der Waals surface area contributed by atoms with Crippen molar-refractivity contribution in [3.8, 4) is 5.75 Å². The van der Waals surface area contributed by atoms with Crippen LogP contribution in [0.2, 0.25) is 5.02 Å². The van der Waals surface area contributed by atoms with Crippen LogP contribution in [0.4, 0.5) is 10.1 Å². The van der Waals surface area contributed by atoms with Crippen LogP contribution in [-0.4, -0.2) is 5.11 Å². The van der Waals surface area contributed by atoms with Crippen molar-refractivity contribution in [3.05, 3.63) is 58.4 Å². The Labute approximate surface area is 116 Å². The molecular weight excluding hydrogens is 265 g/mol. The first-order valence-electron chi connectivity index (χ1n) is 5.98. The lowest BCUT2D eigenvalue weighted by Gasteiger charge is -2.16. The highest BCUT2D eigenvalue weighted by Crippen LogP contribution is 2.26. The molecule has 2 aromatic rings. The second kappa shape index (κ2) is 5.49. The van der Waals surface area contributed by atoms with Gasteiger partial charge in [0.15, 0.2) is 0 Å². The average Bonchev–Trinajstić information content (AvgIpc) is 2.37. The lowest BCUT2D eigenvalue weighted by molar-refractivity contribution is 0.471. The SMILES string of the molecule is Cc1ccc(NC(C)c2ccc(Cl)c(F)c2)cc1O. The second-order valence-corrected chi connectivity index (χ2v) is 4.95. The van der Waals surface area contributed by atoms with Crippen LogP contribution in [0.1, 0.15) is 24.1 Å². The van der Waals surface area contributed by atoms with Gasteiger partial charge in [0.2, 0.25) is 0 Å². The van der Waals surface area contributed by atoms with E-state index in [4.69, 9.17) is 11.6 Å². The van der Waals surface area contributed by atoms with Crippen LogP contribution in [0, 0.1) is 12.7 Å². The highest BCUT2D eigenvalue weighted by Gasteiger charge is 2.09. The van der Waals surface area contributed by atoms with Crippen LogP contribution in [0.5, 0.6) is 5.75 Å². The number of aryl methyl sites for hydroxylation is 1. The third-order valence-corrected chi connectivity index (χ3v) is 3.34. The van der Waals surface area contributed by atoms with Gasteiger partial charge in [-0.2, -0.15) is 0 Å². The molecule has 0 aliphatic carbocycles. The van der Waals surface area contributed by atoms with E-state index in [2.05, 4.69) is 5.32 Å². The van der Waals surface area contributed by atoms with Gasteiger partial charge in [-0.05, 0) is 43.2 Å². The maximum atomic E-state index is 13.4. The van der Waals surface area contributed by atoms with Crippen LogP contribution in [0.3, 0.4) is 0 Å². The zero-order valence-electron chi connectivity index (χ0n) is 10.7. The molecule has 0 aromatic heterocycles. The summed E-state index contributed by atoms with van der Waals surface area (Å²) in [6, 6.07) is 9.99. The van der Waals surface area contributed by atoms with Crippen LogP contribution in [-0.2, 0) is 0 Å². The van der Waals surface area contributed by atoms with E-state index in [1.807, 2.05) is 26.0 Å². The van der Waals surface area contributed by atoms with Gasteiger partial charge in [0.1, 0.15) is 11.6 Å². The summed E-state index contributed by atoms with van der Waals surface area (Å²) in [5.41, 5.74) is 2.39. The molecule has 2 aromatic carbocycles. The summed E-state index contributed by atoms with van der Waals surface area (Å²) in [6.07, 6.45) is 0. The molecule has 2 N–H and O–H groups in total. The maximum Gasteiger partial charge on any atom is 0.142 e. The third kappa shape index (κ3) is 3.18. The third-order valence-electron chi connectivity index (χ3n) is 3.04. The molecule has 19 heavy (non-hydrogen) atoms. The zero-order valence-corrected chi connectivity index (χ0v) is 11.5. The Hall–Kier alpha value is -1.74. The summed E-state index contributed by atoms with van der Waals surface area (Å²) in [6.45, 7) is 3.75. The first kappa shape index (κ1) is 13.7. The number of phenols is 1. The molecule has 0 saturated heterocycles. The molecule has 0 aliphatic rings. The Morgan fingerprint density at radius 1 is 1.21 bits per heavy atom. The summed E-state index contributed by atoms with van der Waals surface area (Å²) in [4.78, 5) is 0. The minimum Gasteiger partial charge on any atom is -0.508 e. The Morgan fingerprint density at radius 2 is 1.95 bits per heavy atom. The molecule has 0 spiro atoms. The van der Waals surface area contributed by atoms with E-state index in [-0.39, 0.29) is 16.8 Å².